The van der Waals surface area contributed by atoms with Gasteiger partial charge in [-0.15, -0.1) is 36.2 Å². The summed E-state index contributed by atoms with van der Waals surface area (Å²) in [5.41, 5.74) is 1.18. The third-order valence-corrected chi connectivity index (χ3v) is 2.88. The summed E-state index contributed by atoms with van der Waals surface area (Å²) in [4.78, 5) is 8.44. The molecule has 2 rings (SSSR count). The summed E-state index contributed by atoms with van der Waals surface area (Å²) in [7, 11) is 0. The van der Waals surface area contributed by atoms with Gasteiger partial charge in [-0.05, 0) is 11.4 Å². The monoisotopic (exact) mass is 279 g/mol. The molecule has 3 nitrogen and oxygen atoms in total. The van der Waals surface area contributed by atoms with Crippen LogP contribution in [0, 0.1) is 0 Å². The fraction of sp³-hybridized carbons (Fsp3) is 0.300. The van der Waals surface area contributed by atoms with E-state index in [0.717, 1.165) is 19.5 Å². The quantitative estimate of drug-likeness (QED) is 0.827. The number of thiophene rings is 1. The second kappa shape index (κ2) is 8.58. The van der Waals surface area contributed by atoms with Gasteiger partial charge in [0.2, 0.25) is 0 Å². The molecule has 0 spiro atoms. The Kier molecular flexibility index (Phi) is 8.29. The summed E-state index contributed by atoms with van der Waals surface area (Å²) < 4.78 is 0. The highest BCUT2D eigenvalue weighted by Gasteiger charge is 1.94. The molecule has 2 aromatic heterocycles. The molecule has 0 bridgehead atoms. The van der Waals surface area contributed by atoms with Crippen molar-refractivity contribution in [3.05, 3.63) is 40.6 Å². The SMILES string of the molecule is Cl.Cl.c1csc(CNCCc2cnc[nH]2)c1. The number of halogens is 2. The summed E-state index contributed by atoms with van der Waals surface area (Å²) >= 11 is 1.79. The van der Waals surface area contributed by atoms with Crippen LogP contribution in [0.1, 0.15) is 10.6 Å². The molecule has 2 aromatic rings. The average molecular weight is 280 g/mol. The van der Waals surface area contributed by atoms with Gasteiger partial charge in [0.05, 0.1) is 6.33 Å². The van der Waals surface area contributed by atoms with Crippen LogP contribution >= 0.6 is 36.2 Å². The van der Waals surface area contributed by atoms with E-state index in [1.807, 2.05) is 6.20 Å². The van der Waals surface area contributed by atoms with Crippen molar-refractivity contribution >= 4 is 36.2 Å². The summed E-state index contributed by atoms with van der Waals surface area (Å²) in [6.45, 7) is 1.95. The Bertz CT molecular complexity index is 312. The Morgan fingerprint density at radius 2 is 2.25 bits per heavy atom. The largest absolute Gasteiger partial charge is 0.348 e. The molecule has 0 aliphatic carbocycles. The number of aromatic nitrogens is 2. The molecule has 0 amide bonds. The molecular weight excluding hydrogens is 265 g/mol. The molecule has 0 aromatic carbocycles. The van der Waals surface area contributed by atoms with Gasteiger partial charge in [0, 0.05) is 36.3 Å². The van der Waals surface area contributed by atoms with E-state index >= 15 is 0 Å². The van der Waals surface area contributed by atoms with Crippen LogP contribution in [0.5, 0.6) is 0 Å². The van der Waals surface area contributed by atoms with Crippen LogP contribution in [-0.2, 0) is 13.0 Å². The third-order valence-electron chi connectivity index (χ3n) is 2.01. The number of rotatable bonds is 5. The molecule has 16 heavy (non-hydrogen) atoms. The smallest absolute Gasteiger partial charge is 0.0921 e. The molecule has 0 radical (unpaired) electrons. The van der Waals surface area contributed by atoms with E-state index in [-0.39, 0.29) is 24.8 Å². The Morgan fingerprint density at radius 1 is 1.38 bits per heavy atom. The first-order valence-electron chi connectivity index (χ1n) is 4.65. The number of imidazole rings is 1. The number of hydrogen-bond donors (Lipinski definition) is 2. The highest BCUT2D eigenvalue weighted by Crippen LogP contribution is 2.07. The predicted molar refractivity (Wildman–Crippen MR) is 72.8 cm³/mol. The van der Waals surface area contributed by atoms with Gasteiger partial charge < -0.3 is 10.3 Å². The molecule has 2 heterocycles. The normalized spacial score (nSPS) is 9.25. The zero-order valence-electron chi connectivity index (χ0n) is 8.68. The molecule has 0 aliphatic rings. The second-order valence-electron chi connectivity index (χ2n) is 3.08. The number of aromatic amines is 1. The van der Waals surface area contributed by atoms with Crippen molar-refractivity contribution < 1.29 is 0 Å². The first-order chi connectivity index (χ1) is 6.95. The lowest BCUT2D eigenvalue weighted by atomic mass is 10.3. The Hall–Kier alpha value is -0.550. The van der Waals surface area contributed by atoms with Gasteiger partial charge >= 0.3 is 0 Å². The van der Waals surface area contributed by atoms with E-state index in [2.05, 4.69) is 32.8 Å². The van der Waals surface area contributed by atoms with Gasteiger partial charge in [-0.3, -0.25) is 0 Å². The van der Waals surface area contributed by atoms with E-state index in [9.17, 15) is 0 Å². The summed E-state index contributed by atoms with van der Waals surface area (Å²) in [5.74, 6) is 0. The van der Waals surface area contributed by atoms with Gasteiger partial charge in [0.15, 0.2) is 0 Å². The number of nitrogens with one attached hydrogen (secondary N) is 2. The zero-order valence-corrected chi connectivity index (χ0v) is 11.1. The highest BCUT2D eigenvalue weighted by atomic mass is 35.5. The van der Waals surface area contributed by atoms with Crippen molar-refractivity contribution in [3.63, 3.8) is 0 Å². The molecule has 90 valence electrons. The predicted octanol–water partition coefficient (Wildman–Crippen LogP) is 2.65. The first kappa shape index (κ1) is 15.4. The van der Waals surface area contributed by atoms with Gasteiger partial charge in [0.1, 0.15) is 0 Å². The van der Waals surface area contributed by atoms with E-state index in [0.29, 0.717) is 0 Å². The zero-order chi connectivity index (χ0) is 9.64. The molecule has 0 fully saturated rings. The van der Waals surface area contributed by atoms with Gasteiger partial charge in [-0.1, -0.05) is 6.07 Å². The van der Waals surface area contributed by atoms with Crippen LogP contribution in [-0.4, -0.2) is 16.5 Å². The van der Waals surface area contributed by atoms with Gasteiger partial charge in [-0.2, -0.15) is 0 Å². The van der Waals surface area contributed by atoms with Gasteiger partial charge in [-0.25, -0.2) is 4.98 Å². The maximum absolute atomic E-state index is 3.97. The molecule has 2 N–H and O–H groups in total. The van der Waals surface area contributed by atoms with Gasteiger partial charge in [0.25, 0.3) is 0 Å². The number of hydrogen-bond acceptors (Lipinski definition) is 3. The summed E-state index contributed by atoms with van der Waals surface area (Å²) in [5, 5.41) is 5.49. The van der Waals surface area contributed by atoms with Crippen LogP contribution in [0.15, 0.2) is 30.0 Å². The fourth-order valence-corrected chi connectivity index (χ4v) is 1.94. The minimum Gasteiger partial charge on any atom is -0.348 e. The maximum Gasteiger partial charge on any atom is 0.0921 e. The van der Waals surface area contributed by atoms with Crippen LogP contribution in [0.3, 0.4) is 0 Å². The molecule has 0 aliphatic heterocycles. The number of H-pyrrole nitrogens is 1. The molecular formula is C10H15Cl2N3S. The lowest BCUT2D eigenvalue weighted by Crippen LogP contribution is -2.15. The highest BCUT2D eigenvalue weighted by molar-refractivity contribution is 7.09. The van der Waals surface area contributed by atoms with E-state index < -0.39 is 0 Å². The van der Waals surface area contributed by atoms with Crippen LogP contribution in [0.4, 0.5) is 0 Å². The molecule has 0 saturated heterocycles. The topological polar surface area (TPSA) is 40.7 Å². The fourth-order valence-electron chi connectivity index (χ4n) is 1.27. The van der Waals surface area contributed by atoms with Crippen LogP contribution in [0.25, 0.3) is 0 Å². The lowest BCUT2D eigenvalue weighted by Gasteiger charge is -2.00. The Morgan fingerprint density at radius 3 is 2.88 bits per heavy atom. The molecule has 6 heteroatoms. The maximum atomic E-state index is 3.97. The molecule has 0 atom stereocenters. The average Bonchev–Trinajstić information content (AvgIpc) is 2.86. The van der Waals surface area contributed by atoms with Crippen molar-refractivity contribution in [2.75, 3.05) is 6.54 Å². The van der Waals surface area contributed by atoms with E-state index in [4.69, 9.17) is 0 Å². The third kappa shape index (κ3) is 4.99. The standard InChI is InChI=1S/C10H13N3S.2ClH/c1-2-10(14-5-1)7-11-4-3-9-6-12-8-13-9;;/h1-2,5-6,8,11H,3-4,7H2,(H,12,13);2*1H. The van der Waals surface area contributed by atoms with Crippen molar-refractivity contribution in [2.24, 2.45) is 0 Å². The van der Waals surface area contributed by atoms with E-state index in [1.165, 1.54) is 10.6 Å². The number of nitrogens with zero attached hydrogens (tertiary/aromatic N) is 1. The van der Waals surface area contributed by atoms with Crippen molar-refractivity contribution in [2.45, 2.75) is 13.0 Å². The van der Waals surface area contributed by atoms with Crippen LogP contribution < -0.4 is 5.32 Å². The first-order valence-corrected chi connectivity index (χ1v) is 5.53. The Labute approximate surface area is 112 Å². The minimum atomic E-state index is 0. The summed E-state index contributed by atoms with van der Waals surface area (Å²) in [6.07, 6.45) is 4.59. The summed E-state index contributed by atoms with van der Waals surface area (Å²) in [6, 6.07) is 4.23. The molecule has 0 unspecified atom stereocenters. The van der Waals surface area contributed by atoms with Crippen LogP contribution in [0.2, 0.25) is 0 Å². The van der Waals surface area contributed by atoms with E-state index in [1.54, 1.807) is 17.7 Å². The molecule has 0 saturated carbocycles. The van der Waals surface area contributed by atoms with Crippen molar-refractivity contribution in [1.82, 2.24) is 15.3 Å². The second-order valence-corrected chi connectivity index (χ2v) is 4.12. The Balaban J connectivity index is 0.00000112. The van der Waals surface area contributed by atoms with Crippen molar-refractivity contribution in [3.8, 4) is 0 Å². The minimum absolute atomic E-state index is 0. The van der Waals surface area contributed by atoms with Crippen molar-refractivity contribution in [1.29, 1.82) is 0 Å². The lowest BCUT2D eigenvalue weighted by molar-refractivity contribution is 0.687.